The van der Waals surface area contributed by atoms with E-state index in [2.05, 4.69) is 15.2 Å². The molecule has 1 aromatic heterocycles. The van der Waals surface area contributed by atoms with Gasteiger partial charge in [-0.15, -0.1) is 15.0 Å². The first-order chi connectivity index (χ1) is 14.5. The summed E-state index contributed by atoms with van der Waals surface area (Å²) in [7, 11) is 0. The van der Waals surface area contributed by atoms with Gasteiger partial charge in [-0.25, -0.2) is 4.79 Å². The Balaban J connectivity index is 1.80. The molecule has 0 radical (unpaired) electrons. The number of aromatic hydroxyl groups is 1. The van der Waals surface area contributed by atoms with Crippen LogP contribution in [-0.2, 0) is 6.42 Å². The van der Waals surface area contributed by atoms with Gasteiger partial charge in [0.25, 0.3) is 0 Å². The number of hydrogen-bond acceptors (Lipinski definition) is 6. The topological polar surface area (TPSA) is 121 Å². The zero-order valence-corrected chi connectivity index (χ0v) is 15.8. The van der Waals surface area contributed by atoms with Gasteiger partial charge >= 0.3 is 5.97 Å². The number of aromatic carboxylic acids is 1. The summed E-state index contributed by atoms with van der Waals surface area (Å²) in [6.07, 6.45) is 1.92. The van der Waals surface area contributed by atoms with Crippen molar-refractivity contribution in [1.82, 2.24) is 15.0 Å². The Morgan fingerprint density at radius 3 is 2.53 bits per heavy atom. The van der Waals surface area contributed by atoms with Gasteiger partial charge < -0.3 is 15.3 Å². The second-order valence-corrected chi connectivity index (χ2v) is 6.62. The number of hydrogen-bond donors (Lipinski definition) is 3. The minimum atomic E-state index is -1.06. The third kappa shape index (κ3) is 3.89. The number of aliphatic hydroxyl groups excluding tert-OH is 1. The summed E-state index contributed by atoms with van der Waals surface area (Å²) in [5.74, 6) is -1.13. The molecule has 8 heteroatoms. The van der Waals surface area contributed by atoms with Crippen molar-refractivity contribution in [3.63, 3.8) is 0 Å². The number of benzene rings is 3. The van der Waals surface area contributed by atoms with Crippen molar-refractivity contribution >= 4 is 28.9 Å². The highest BCUT2D eigenvalue weighted by molar-refractivity contribution is 5.92. The van der Waals surface area contributed by atoms with Gasteiger partial charge in [0.05, 0.1) is 11.3 Å². The summed E-state index contributed by atoms with van der Waals surface area (Å²) in [4.78, 5) is 16.8. The summed E-state index contributed by atoms with van der Waals surface area (Å²) in [5.41, 5.74) is 3.25. The molecule has 3 N–H and O–H groups in total. The van der Waals surface area contributed by atoms with E-state index in [1.807, 2.05) is 30.3 Å². The van der Waals surface area contributed by atoms with Crippen LogP contribution in [0.15, 0.2) is 65.7 Å². The van der Waals surface area contributed by atoms with Crippen LogP contribution in [0.2, 0.25) is 0 Å². The fourth-order valence-corrected chi connectivity index (χ4v) is 3.04. The monoisotopic (exact) mass is 402 g/mol. The number of carboxylic acid groups (broad SMARTS) is 1. The molecule has 0 atom stereocenters. The van der Waals surface area contributed by atoms with Crippen molar-refractivity contribution in [2.75, 3.05) is 6.61 Å². The van der Waals surface area contributed by atoms with Crippen molar-refractivity contribution in [2.45, 2.75) is 6.42 Å². The standard InChI is InChI=1S/C22H18N4O4/c27-9-8-14-10-16(13-23-17-4-2-1-3-5-17)21(28)20(11-14)26-24-18-7-6-15(22(29)30)12-19(18)25-26/h1-7,10-13,27-28H,8-9H2,(H,29,30). The number of aromatic nitrogens is 3. The SMILES string of the molecule is O=C(O)c1ccc2nn(-c3cc(CCO)cc(C=Nc4ccccc4)c3O)nc2c1. The lowest BCUT2D eigenvalue weighted by Gasteiger charge is -2.09. The molecule has 0 aliphatic rings. The number of aliphatic hydroxyl groups is 1. The molecular weight excluding hydrogens is 384 g/mol. The fourth-order valence-electron chi connectivity index (χ4n) is 3.04. The fraction of sp³-hybridized carbons (Fsp3) is 0.0909. The van der Waals surface area contributed by atoms with E-state index in [1.165, 1.54) is 16.9 Å². The summed E-state index contributed by atoms with van der Waals surface area (Å²) >= 11 is 0. The van der Waals surface area contributed by atoms with Crippen LogP contribution in [0.4, 0.5) is 5.69 Å². The van der Waals surface area contributed by atoms with E-state index in [0.717, 1.165) is 11.3 Å². The average molecular weight is 402 g/mol. The normalized spacial score (nSPS) is 11.4. The predicted octanol–water partition coefficient (Wildman–Crippen LogP) is 3.11. The molecule has 0 amide bonds. The van der Waals surface area contributed by atoms with Gasteiger partial charge in [0.2, 0.25) is 0 Å². The Bertz CT molecular complexity index is 1250. The maximum Gasteiger partial charge on any atom is 0.335 e. The Labute approximate surface area is 171 Å². The summed E-state index contributed by atoms with van der Waals surface area (Å²) in [5, 5.41) is 38.0. The van der Waals surface area contributed by atoms with E-state index in [-0.39, 0.29) is 17.9 Å². The molecule has 30 heavy (non-hydrogen) atoms. The quantitative estimate of drug-likeness (QED) is 0.426. The van der Waals surface area contributed by atoms with Crippen LogP contribution in [0, 0.1) is 0 Å². The third-order valence-corrected chi connectivity index (χ3v) is 4.53. The maximum absolute atomic E-state index is 11.2. The Hall–Kier alpha value is -4.04. The van der Waals surface area contributed by atoms with Crippen molar-refractivity contribution in [3.05, 3.63) is 77.4 Å². The van der Waals surface area contributed by atoms with Gasteiger partial charge in [-0.1, -0.05) is 18.2 Å². The van der Waals surface area contributed by atoms with Gasteiger partial charge in [-0.3, -0.25) is 4.99 Å². The van der Waals surface area contributed by atoms with Crippen molar-refractivity contribution in [3.8, 4) is 11.4 Å². The van der Waals surface area contributed by atoms with Gasteiger partial charge in [0.15, 0.2) is 5.75 Å². The number of carbonyl (C=O) groups is 1. The van der Waals surface area contributed by atoms with Crippen LogP contribution in [0.5, 0.6) is 5.75 Å². The van der Waals surface area contributed by atoms with Crippen LogP contribution >= 0.6 is 0 Å². The van der Waals surface area contributed by atoms with Crippen LogP contribution < -0.4 is 0 Å². The highest BCUT2D eigenvalue weighted by Crippen LogP contribution is 2.28. The molecule has 3 aromatic carbocycles. The number of para-hydroxylation sites is 1. The minimum Gasteiger partial charge on any atom is -0.505 e. The van der Waals surface area contributed by atoms with E-state index in [4.69, 9.17) is 5.11 Å². The molecule has 0 unspecified atom stereocenters. The largest absolute Gasteiger partial charge is 0.505 e. The molecule has 0 aliphatic carbocycles. The van der Waals surface area contributed by atoms with Gasteiger partial charge in [0.1, 0.15) is 16.7 Å². The Morgan fingerprint density at radius 2 is 1.80 bits per heavy atom. The smallest absolute Gasteiger partial charge is 0.335 e. The van der Waals surface area contributed by atoms with Crippen molar-refractivity contribution in [2.24, 2.45) is 4.99 Å². The van der Waals surface area contributed by atoms with Crippen LogP contribution in [0.1, 0.15) is 21.5 Å². The van der Waals surface area contributed by atoms with Crippen molar-refractivity contribution in [1.29, 1.82) is 0 Å². The number of rotatable bonds is 6. The molecule has 150 valence electrons. The lowest BCUT2D eigenvalue weighted by atomic mass is 10.1. The van der Waals surface area contributed by atoms with Crippen LogP contribution in [0.3, 0.4) is 0 Å². The Kier molecular flexibility index (Phi) is 5.23. The average Bonchev–Trinajstić information content (AvgIpc) is 3.18. The van der Waals surface area contributed by atoms with Crippen LogP contribution in [0.25, 0.3) is 16.7 Å². The lowest BCUT2D eigenvalue weighted by molar-refractivity contribution is 0.0697. The summed E-state index contributed by atoms with van der Waals surface area (Å²) < 4.78 is 0. The van der Waals surface area contributed by atoms with E-state index in [1.54, 1.807) is 24.4 Å². The molecular formula is C22H18N4O4. The number of carboxylic acids is 1. The number of nitrogens with zero attached hydrogens (tertiary/aromatic N) is 4. The molecule has 1 heterocycles. The molecule has 0 aliphatic heterocycles. The molecule has 0 spiro atoms. The summed E-state index contributed by atoms with van der Waals surface area (Å²) in [6.45, 7) is -0.0596. The molecule has 0 saturated heterocycles. The molecule has 0 saturated carbocycles. The number of phenols is 1. The number of aliphatic imine (C=N–C) groups is 1. The first kappa shape index (κ1) is 19.3. The third-order valence-electron chi connectivity index (χ3n) is 4.53. The van der Waals surface area contributed by atoms with Gasteiger partial charge in [-0.05, 0) is 54.4 Å². The van der Waals surface area contributed by atoms with Gasteiger partial charge in [-0.2, -0.15) is 0 Å². The number of fused-ring (bicyclic) bond motifs is 1. The zero-order valence-electron chi connectivity index (χ0n) is 15.8. The van der Waals surface area contributed by atoms with Gasteiger partial charge in [0, 0.05) is 18.4 Å². The van der Waals surface area contributed by atoms with E-state index in [0.29, 0.717) is 28.7 Å². The highest BCUT2D eigenvalue weighted by Gasteiger charge is 2.15. The molecule has 4 aromatic rings. The van der Waals surface area contributed by atoms with E-state index in [9.17, 15) is 15.0 Å². The first-order valence-electron chi connectivity index (χ1n) is 9.22. The van der Waals surface area contributed by atoms with Crippen LogP contribution in [-0.4, -0.2) is 49.1 Å². The second kappa shape index (κ2) is 8.14. The molecule has 0 fully saturated rings. The molecule has 0 bridgehead atoms. The van der Waals surface area contributed by atoms with Crippen molar-refractivity contribution < 1.29 is 20.1 Å². The minimum absolute atomic E-state index is 0.0596. The first-order valence-corrected chi connectivity index (χ1v) is 9.22. The highest BCUT2D eigenvalue weighted by atomic mass is 16.4. The second-order valence-electron chi connectivity index (χ2n) is 6.62. The number of phenolic OH excluding ortho intramolecular Hbond substituents is 1. The van der Waals surface area contributed by atoms with E-state index >= 15 is 0 Å². The Morgan fingerprint density at radius 1 is 1.03 bits per heavy atom. The maximum atomic E-state index is 11.2. The molecule has 8 nitrogen and oxygen atoms in total. The molecule has 4 rings (SSSR count). The zero-order chi connectivity index (χ0) is 21.1. The lowest BCUT2D eigenvalue weighted by Crippen LogP contribution is -2.03. The van der Waals surface area contributed by atoms with E-state index < -0.39 is 5.97 Å². The predicted molar refractivity (Wildman–Crippen MR) is 112 cm³/mol. The summed E-state index contributed by atoms with van der Waals surface area (Å²) in [6, 6.07) is 17.2.